The molecular weight excluding hydrogens is 331 g/mol. The van der Waals surface area contributed by atoms with Crippen LogP contribution in [0.1, 0.15) is 5.56 Å². The summed E-state index contributed by atoms with van der Waals surface area (Å²) in [5.41, 5.74) is 4.92. The molecule has 1 aliphatic heterocycles. The number of alkyl halides is 3. The fourth-order valence-electron chi connectivity index (χ4n) is 2.85. The second kappa shape index (κ2) is 5.80. The van der Waals surface area contributed by atoms with Crippen LogP contribution in [0.3, 0.4) is 0 Å². The molecule has 25 heavy (non-hydrogen) atoms. The van der Waals surface area contributed by atoms with E-state index in [0.717, 1.165) is 17.7 Å². The number of rotatable bonds is 2. The Bertz CT molecular complexity index is 902. The van der Waals surface area contributed by atoms with Gasteiger partial charge in [0.15, 0.2) is 0 Å². The van der Waals surface area contributed by atoms with Crippen LogP contribution in [0.25, 0.3) is 22.5 Å². The minimum absolute atomic E-state index is 0.409. The van der Waals surface area contributed by atoms with Crippen molar-refractivity contribution < 1.29 is 13.2 Å². The van der Waals surface area contributed by atoms with Crippen LogP contribution >= 0.6 is 0 Å². The second-order valence-electron chi connectivity index (χ2n) is 5.62. The van der Waals surface area contributed by atoms with E-state index in [2.05, 4.69) is 20.7 Å². The molecule has 0 spiro atoms. The summed E-state index contributed by atoms with van der Waals surface area (Å²) in [6.45, 7) is 1.37. The summed E-state index contributed by atoms with van der Waals surface area (Å²) in [5, 5.41) is 3.16. The number of aromatic nitrogens is 3. The van der Waals surface area contributed by atoms with Crippen LogP contribution in [0.5, 0.6) is 0 Å². The number of hydrogen-bond acceptors (Lipinski definition) is 4. The Morgan fingerprint density at radius 1 is 1.00 bits per heavy atom. The van der Waals surface area contributed by atoms with Crippen LogP contribution in [-0.4, -0.2) is 27.7 Å². The zero-order chi connectivity index (χ0) is 17.4. The third-order valence-electron chi connectivity index (χ3n) is 3.97. The molecule has 5 nitrogen and oxygen atoms in total. The van der Waals surface area contributed by atoms with Gasteiger partial charge in [-0.2, -0.15) is 13.2 Å². The molecule has 1 aromatic carbocycles. The van der Waals surface area contributed by atoms with E-state index < -0.39 is 11.7 Å². The summed E-state index contributed by atoms with van der Waals surface area (Å²) in [4.78, 5) is 8.52. The van der Waals surface area contributed by atoms with Gasteiger partial charge in [-0.15, -0.1) is 0 Å². The van der Waals surface area contributed by atoms with Gasteiger partial charge in [-0.1, -0.05) is 12.1 Å². The molecule has 0 radical (unpaired) electrons. The fourth-order valence-corrected chi connectivity index (χ4v) is 2.85. The Labute approximate surface area is 141 Å². The summed E-state index contributed by atoms with van der Waals surface area (Å²) in [7, 11) is 0. The third-order valence-corrected chi connectivity index (χ3v) is 3.97. The Hall–Kier alpha value is -3.03. The lowest BCUT2D eigenvalue weighted by atomic mass is 10.0. The molecule has 128 valence electrons. The van der Waals surface area contributed by atoms with Crippen molar-refractivity contribution in [2.75, 3.05) is 23.8 Å². The van der Waals surface area contributed by atoms with Gasteiger partial charge in [0.1, 0.15) is 5.69 Å². The highest BCUT2D eigenvalue weighted by Crippen LogP contribution is 2.37. The second-order valence-corrected chi connectivity index (χ2v) is 5.62. The van der Waals surface area contributed by atoms with Crippen molar-refractivity contribution >= 4 is 5.95 Å². The van der Waals surface area contributed by atoms with Crippen LogP contribution in [0, 0.1) is 0 Å². The molecular formula is C17H14F3N5. The lowest BCUT2D eigenvalue weighted by molar-refractivity contribution is -0.137. The van der Waals surface area contributed by atoms with E-state index in [1.54, 1.807) is 35.3 Å². The fraction of sp³-hybridized carbons (Fsp3) is 0.176. The highest BCUT2D eigenvalue weighted by molar-refractivity contribution is 5.81. The molecule has 3 aromatic rings. The first-order chi connectivity index (χ1) is 12.0. The molecule has 0 aliphatic carbocycles. The average molecular weight is 345 g/mol. The number of halogens is 3. The van der Waals surface area contributed by atoms with Crippen LogP contribution < -0.4 is 10.7 Å². The number of nitrogens with zero attached hydrogens (tertiary/aromatic N) is 3. The molecule has 8 heteroatoms. The molecule has 2 N–H and O–H groups in total. The lowest BCUT2D eigenvalue weighted by Gasteiger charge is -2.20. The van der Waals surface area contributed by atoms with E-state index >= 15 is 0 Å². The molecule has 0 saturated carbocycles. The van der Waals surface area contributed by atoms with Gasteiger partial charge in [0.2, 0.25) is 5.95 Å². The Morgan fingerprint density at radius 2 is 1.80 bits per heavy atom. The SMILES string of the molecule is FC(F)(F)c1cccc(-c2nc3n(c2-c2ccncc2)NCCN3)c1. The standard InChI is InChI=1S/C17H14F3N5/c18-17(19,20)13-3-1-2-12(10-13)14-15(11-4-6-21-7-5-11)25-16(24-14)22-8-9-23-25/h1-7,10,23H,8-9H2,(H,22,24). The maximum atomic E-state index is 13.1. The zero-order valence-corrected chi connectivity index (χ0v) is 13.0. The Kier molecular flexibility index (Phi) is 3.60. The molecule has 0 bridgehead atoms. The smallest absolute Gasteiger partial charge is 0.352 e. The number of nitrogens with one attached hydrogen (secondary N) is 2. The van der Waals surface area contributed by atoms with E-state index in [-0.39, 0.29) is 0 Å². The van der Waals surface area contributed by atoms with Crippen molar-refractivity contribution in [3.8, 4) is 22.5 Å². The Balaban J connectivity index is 1.92. The summed E-state index contributed by atoms with van der Waals surface area (Å²) in [6, 6.07) is 8.82. The van der Waals surface area contributed by atoms with Gasteiger partial charge in [0.05, 0.1) is 11.3 Å². The van der Waals surface area contributed by atoms with Crippen molar-refractivity contribution in [2.24, 2.45) is 0 Å². The van der Waals surface area contributed by atoms with Crippen LogP contribution in [0.4, 0.5) is 19.1 Å². The van der Waals surface area contributed by atoms with Gasteiger partial charge in [-0.05, 0) is 24.3 Å². The third kappa shape index (κ3) is 2.79. The van der Waals surface area contributed by atoms with Crippen molar-refractivity contribution in [3.05, 3.63) is 54.4 Å². The summed E-state index contributed by atoms with van der Waals surface area (Å²) in [6.07, 6.45) is -1.12. The first-order valence-corrected chi connectivity index (χ1v) is 7.72. The highest BCUT2D eigenvalue weighted by atomic mass is 19.4. The average Bonchev–Trinajstić information content (AvgIpc) is 3.01. The predicted molar refractivity (Wildman–Crippen MR) is 88.6 cm³/mol. The summed E-state index contributed by atoms with van der Waals surface area (Å²) < 4.78 is 41.0. The number of pyridine rings is 1. The number of hydrogen-bond donors (Lipinski definition) is 2. The van der Waals surface area contributed by atoms with Gasteiger partial charge >= 0.3 is 6.18 Å². The largest absolute Gasteiger partial charge is 0.416 e. The predicted octanol–water partition coefficient (Wildman–Crippen LogP) is 3.60. The first-order valence-electron chi connectivity index (χ1n) is 7.72. The maximum absolute atomic E-state index is 13.1. The zero-order valence-electron chi connectivity index (χ0n) is 13.0. The monoisotopic (exact) mass is 345 g/mol. The number of fused-ring (bicyclic) bond motifs is 1. The first kappa shape index (κ1) is 15.5. The highest BCUT2D eigenvalue weighted by Gasteiger charge is 2.31. The van der Waals surface area contributed by atoms with Crippen molar-refractivity contribution in [1.29, 1.82) is 0 Å². The molecule has 3 heterocycles. The van der Waals surface area contributed by atoms with Gasteiger partial charge in [0, 0.05) is 36.6 Å². The van der Waals surface area contributed by atoms with E-state index in [0.29, 0.717) is 36.0 Å². The number of benzene rings is 1. The van der Waals surface area contributed by atoms with Crippen LogP contribution in [0.15, 0.2) is 48.8 Å². The van der Waals surface area contributed by atoms with E-state index in [4.69, 9.17) is 0 Å². The molecule has 0 unspecified atom stereocenters. The van der Waals surface area contributed by atoms with Gasteiger partial charge in [-0.25, -0.2) is 9.66 Å². The molecule has 0 fully saturated rings. The number of imidazole rings is 1. The van der Waals surface area contributed by atoms with Crippen molar-refractivity contribution in [2.45, 2.75) is 6.18 Å². The molecule has 2 aromatic heterocycles. The quantitative estimate of drug-likeness (QED) is 0.745. The molecule has 0 atom stereocenters. The molecule has 4 rings (SSSR count). The van der Waals surface area contributed by atoms with Gasteiger partial charge in [-0.3, -0.25) is 4.98 Å². The minimum atomic E-state index is -4.40. The molecule has 0 saturated heterocycles. The van der Waals surface area contributed by atoms with Crippen molar-refractivity contribution in [3.63, 3.8) is 0 Å². The number of anilines is 1. The summed E-state index contributed by atoms with van der Waals surface area (Å²) >= 11 is 0. The Morgan fingerprint density at radius 3 is 2.56 bits per heavy atom. The van der Waals surface area contributed by atoms with E-state index in [1.165, 1.54) is 6.07 Å². The molecule has 0 amide bonds. The molecule has 1 aliphatic rings. The van der Waals surface area contributed by atoms with Gasteiger partial charge < -0.3 is 10.7 Å². The topological polar surface area (TPSA) is 54.8 Å². The summed E-state index contributed by atoms with van der Waals surface area (Å²) in [5.74, 6) is 0.575. The van der Waals surface area contributed by atoms with Gasteiger partial charge in [0.25, 0.3) is 0 Å². The maximum Gasteiger partial charge on any atom is 0.416 e. The van der Waals surface area contributed by atoms with Crippen molar-refractivity contribution in [1.82, 2.24) is 14.6 Å². The van der Waals surface area contributed by atoms with Crippen LogP contribution in [0.2, 0.25) is 0 Å². The van der Waals surface area contributed by atoms with E-state index in [1.807, 2.05) is 0 Å². The minimum Gasteiger partial charge on any atom is -0.352 e. The normalized spacial score (nSPS) is 13.7. The van der Waals surface area contributed by atoms with Crippen LogP contribution in [-0.2, 0) is 6.18 Å². The van der Waals surface area contributed by atoms with E-state index in [9.17, 15) is 13.2 Å². The lowest BCUT2D eigenvalue weighted by Crippen LogP contribution is -2.30.